The lowest BCUT2D eigenvalue weighted by Crippen LogP contribution is -2.29. The molecule has 0 aliphatic heterocycles. The Morgan fingerprint density at radius 3 is 2.53 bits per heavy atom. The van der Waals surface area contributed by atoms with Crippen molar-refractivity contribution in [2.75, 3.05) is 0 Å². The van der Waals surface area contributed by atoms with Gasteiger partial charge in [0.2, 0.25) is 0 Å². The molecule has 0 aromatic carbocycles. The summed E-state index contributed by atoms with van der Waals surface area (Å²) in [6.45, 7) is 0. The van der Waals surface area contributed by atoms with Gasteiger partial charge in [0, 0.05) is 18.8 Å². The van der Waals surface area contributed by atoms with Crippen LogP contribution < -0.4 is 0 Å². The molecule has 0 saturated heterocycles. The molecule has 15 heavy (non-hydrogen) atoms. The van der Waals surface area contributed by atoms with Crippen molar-refractivity contribution in [1.82, 2.24) is 9.97 Å². The molecule has 0 N–H and O–H groups in total. The van der Waals surface area contributed by atoms with Gasteiger partial charge in [-0.25, -0.2) is 9.37 Å². The van der Waals surface area contributed by atoms with Gasteiger partial charge in [-0.3, -0.25) is 4.98 Å². The molecule has 0 unspecified atom stereocenters. The van der Waals surface area contributed by atoms with Gasteiger partial charge in [-0.05, 0) is 12.8 Å². The molecule has 4 heteroatoms. The van der Waals surface area contributed by atoms with Crippen LogP contribution >= 0.6 is 11.6 Å². The second-order valence-corrected chi connectivity index (χ2v) is 4.54. The highest BCUT2D eigenvalue weighted by Crippen LogP contribution is 2.35. The van der Waals surface area contributed by atoms with Gasteiger partial charge >= 0.3 is 0 Å². The lowest BCUT2D eigenvalue weighted by atomic mass is 9.83. The van der Waals surface area contributed by atoms with E-state index in [1.54, 1.807) is 6.20 Å². The number of alkyl halides is 1. The van der Waals surface area contributed by atoms with Crippen LogP contribution in [0.4, 0.5) is 4.39 Å². The topological polar surface area (TPSA) is 25.8 Å². The van der Waals surface area contributed by atoms with Crippen LogP contribution in [0.5, 0.6) is 0 Å². The largest absolute Gasteiger partial charge is 0.256 e. The number of halogens is 2. The zero-order valence-corrected chi connectivity index (χ0v) is 9.30. The summed E-state index contributed by atoms with van der Waals surface area (Å²) in [7, 11) is 0. The molecule has 0 spiro atoms. The maximum absolute atomic E-state index is 14.3. The van der Waals surface area contributed by atoms with E-state index < -0.39 is 5.67 Å². The number of hydrogen-bond donors (Lipinski definition) is 0. The summed E-state index contributed by atoms with van der Waals surface area (Å²) < 4.78 is 14.3. The summed E-state index contributed by atoms with van der Waals surface area (Å²) in [6, 6.07) is 0. The molecule has 82 valence electrons. The summed E-state index contributed by atoms with van der Waals surface area (Å²) in [4.78, 5) is 8.00. The highest BCUT2D eigenvalue weighted by Gasteiger charge is 2.33. The summed E-state index contributed by atoms with van der Waals surface area (Å²) in [5.74, 6) is 0. The molecule has 2 rings (SSSR count). The monoisotopic (exact) mass is 228 g/mol. The van der Waals surface area contributed by atoms with Crippen LogP contribution in [0.3, 0.4) is 0 Å². The number of rotatable bonds is 2. The normalized spacial score (nSPS) is 20.1. The van der Waals surface area contributed by atoms with Crippen LogP contribution in [0.1, 0.15) is 37.8 Å². The minimum Gasteiger partial charge on any atom is -0.256 e. The van der Waals surface area contributed by atoms with Crippen LogP contribution in [0.15, 0.2) is 12.4 Å². The van der Waals surface area contributed by atoms with Crippen LogP contribution in [-0.4, -0.2) is 15.6 Å². The van der Waals surface area contributed by atoms with Gasteiger partial charge in [0.05, 0.1) is 5.69 Å². The molecule has 1 aliphatic rings. The zero-order chi connectivity index (χ0) is 10.7. The Labute approximate surface area is 93.9 Å². The Morgan fingerprint density at radius 2 is 1.87 bits per heavy atom. The van der Waals surface area contributed by atoms with Crippen LogP contribution in [0.2, 0.25) is 5.15 Å². The fraction of sp³-hybridized carbons (Fsp3) is 0.636. The van der Waals surface area contributed by atoms with E-state index in [1.807, 2.05) is 0 Å². The Kier molecular flexibility index (Phi) is 3.19. The van der Waals surface area contributed by atoms with E-state index in [-0.39, 0.29) is 0 Å². The standard InChI is InChI=1S/C11H14ClFN2/c12-10-9(14-6-7-15-10)8-11(13)4-2-1-3-5-11/h6-7H,1-5,8H2. The quantitative estimate of drug-likeness (QED) is 0.776. The van der Waals surface area contributed by atoms with Crippen molar-refractivity contribution in [3.05, 3.63) is 23.2 Å². The van der Waals surface area contributed by atoms with E-state index in [1.165, 1.54) is 6.20 Å². The van der Waals surface area contributed by atoms with Crippen LogP contribution in [-0.2, 0) is 6.42 Å². The first kappa shape index (κ1) is 10.8. The Morgan fingerprint density at radius 1 is 1.20 bits per heavy atom. The van der Waals surface area contributed by atoms with E-state index in [0.29, 0.717) is 30.1 Å². The Bertz CT molecular complexity index is 337. The Hall–Kier alpha value is -0.700. The van der Waals surface area contributed by atoms with E-state index in [9.17, 15) is 4.39 Å². The lowest BCUT2D eigenvalue weighted by Gasteiger charge is -2.29. The van der Waals surface area contributed by atoms with Crippen molar-refractivity contribution in [1.29, 1.82) is 0 Å². The summed E-state index contributed by atoms with van der Waals surface area (Å²) in [6.07, 6.45) is 7.72. The maximum Gasteiger partial charge on any atom is 0.150 e. The smallest absolute Gasteiger partial charge is 0.150 e. The van der Waals surface area contributed by atoms with Gasteiger partial charge in [0.25, 0.3) is 0 Å². The van der Waals surface area contributed by atoms with Gasteiger partial charge < -0.3 is 0 Å². The first-order valence-electron chi connectivity index (χ1n) is 5.34. The SMILES string of the molecule is FC1(Cc2nccnc2Cl)CCCCC1. The van der Waals surface area contributed by atoms with Crippen LogP contribution in [0, 0.1) is 0 Å². The third-order valence-electron chi connectivity index (χ3n) is 2.96. The van der Waals surface area contributed by atoms with Crippen molar-refractivity contribution in [3.63, 3.8) is 0 Å². The van der Waals surface area contributed by atoms with Crippen molar-refractivity contribution < 1.29 is 4.39 Å². The van der Waals surface area contributed by atoms with Gasteiger partial charge in [0.15, 0.2) is 5.15 Å². The predicted octanol–water partition coefficient (Wildman–Crippen LogP) is 3.34. The molecule has 1 fully saturated rings. The molecule has 0 radical (unpaired) electrons. The average Bonchev–Trinajstić information content (AvgIpc) is 2.22. The highest BCUT2D eigenvalue weighted by molar-refractivity contribution is 6.29. The molecule has 0 bridgehead atoms. The second kappa shape index (κ2) is 4.44. The first-order chi connectivity index (χ1) is 7.20. The van der Waals surface area contributed by atoms with Crippen molar-refractivity contribution in [3.8, 4) is 0 Å². The summed E-state index contributed by atoms with van der Waals surface area (Å²) in [5.41, 5.74) is -0.527. The number of hydrogen-bond acceptors (Lipinski definition) is 2. The van der Waals surface area contributed by atoms with Crippen molar-refractivity contribution >= 4 is 11.6 Å². The summed E-state index contributed by atoms with van der Waals surface area (Å²) >= 11 is 5.87. The molecule has 1 heterocycles. The molecule has 1 aromatic rings. The van der Waals surface area contributed by atoms with E-state index in [0.717, 1.165) is 19.3 Å². The molecular formula is C11H14ClFN2. The minimum atomic E-state index is -1.11. The van der Waals surface area contributed by atoms with Crippen LogP contribution in [0.25, 0.3) is 0 Å². The fourth-order valence-electron chi connectivity index (χ4n) is 2.13. The zero-order valence-electron chi connectivity index (χ0n) is 8.55. The average molecular weight is 229 g/mol. The molecular weight excluding hydrogens is 215 g/mol. The van der Waals surface area contributed by atoms with E-state index in [2.05, 4.69) is 9.97 Å². The Balaban J connectivity index is 2.10. The highest BCUT2D eigenvalue weighted by atomic mass is 35.5. The predicted molar refractivity (Wildman–Crippen MR) is 57.7 cm³/mol. The van der Waals surface area contributed by atoms with Crippen molar-refractivity contribution in [2.45, 2.75) is 44.2 Å². The minimum absolute atomic E-state index is 0.305. The van der Waals surface area contributed by atoms with E-state index in [4.69, 9.17) is 11.6 Å². The lowest BCUT2D eigenvalue weighted by molar-refractivity contribution is 0.106. The molecule has 1 aromatic heterocycles. The van der Waals surface area contributed by atoms with Gasteiger partial charge in [-0.2, -0.15) is 0 Å². The molecule has 1 saturated carbocycles. The van der Waals surface area contributed by atoms with E-state index >= 15 is 0 Å². The third kappa shape index (κ3) is 2.65. The third-order valence-corrected chi connectivity index (χ3v) is 3.27. The fourth-order valence-corrected chi connectivity index (χ4v) is 2.30. The van der Waals surface area contributed by atoms with Gasteiger partial charge in [-0.1, -0.05) is 30.9 Å². The number of aromatic nitrogens is 2. The molecule has 2 nitrogen and oxygen atoms in total. The van der Waals surface area contributed by atoms with Gasteiger partial charge in [-0.15, -0.1) is 0 Å². The molecule has 1 aliphatic carbocycles. The van der Waals surface area contributed by atoms with Crippen molar-refractivity contribution in [2.24, 2.45) is 0 Å². The second-order valence-electron chi connectivity index (χ2n) is 4.18. The molecule has 0 amide bonds. The molecule has 0 atom stereocenters. The number of nitrogens with zero attached hydrogens (tertiary/aromatic N) is 2. The maximum atomic E-state index is 14.3. The van der Waals surface area contributed by atoms with Gasteiger partial charge in [0.1, 0.15) is 5.67 Å². The first-order valence-corrected chi connectivity index (χ1v) is 5.72. The summed E-state index contributed by atoms with van der Waals surface area (Å²) in [5, 5.41) is 0.333.